The van der Waals surface area contributed by atoms with Crippen molar-refractivity contribution < 1.29 is 18.7 Å². The SMILES string of the molecule is CC(C)(C)OC(=O)N1CCOc2ncc(N3CCc4cnc(Nc5ccc(-c6nnc(C7CC7)o6)cc5)nc4C3)c(Cl)c21. The molecule has 0 bridgehead atoms. The molecular weight excluding hydrogens is 572 g/mol. The number of halogens is 1. The molecule has 3 aromatic heterocycles. The first kappa shape index (κ1) is 27.4. The molecule has 0 radical (unpaired) electrons. The van der Waals surface area contributed by atoms with Crippen LogP contribution in [-0.4, -0.2) is 56.5 Å². The number of nitrogens with one attached hydrogen (secondary N) is 1. The van der Waals surface area contributed by atoms with Gasteiger partial charge in [0.1, 0.15) is 17.9 Å². The molecule has 12 nitrogen and oxygen atoms in total. The van der Waals surface area contributed by atoms with Crippen LogP contribution in [-0.2, 0) is 17.7 Å². The van der Waals surface area contributed by atoms with Crippen LogP contribution in [0.5, 0.6) is 5.88 Å². The van der Waals surface area contributed by atoms with E-state index in [9.17, 15) is 4.79 Å². The molecule has 13 heteroatoms. The zero-order valence-electron chi connectivity index (χ0n) is 24.1. The molecule has 222 valence electrons. The van der Waals surface area contributed by atoms with Crippen LogP contribution in [0.4, 0.5) is 27.8 Å². The number of rotatable bonds is 5. The van der Waals surface area contributed by atoms with Crippen molar-refractivity contribution in [3.63, 3.8) is 0 Å². The molecule has 0 saturated heterocycles. The molecule has 0 spiro atoms. The van der Waals surface area contributed by atoms with Crippen LogP contribution < -0.4 is 19.9 Å². The lowest BCUT2D eigenvalue weighted by Crippen LogP contribution is -2.42. The zero-order chi connectivity index (χ0) is 29.7. The smallest absolute Gasteiger partial charge is 0.415 e. The Morgan fingerprint density at radius 1 is 1.09 bits per heavy atom. The van der Waals surface area contributed by atoms with E-state index >= 15 is 0 Å². The van der Waals surface area contributed by atoms with Crippen LogP contribution in [0.15, 0.2) is 41.1 Å². The van der Waals surface area contributed by atoms with Gasteiger partial charge in [-0.3, -0.25) is 4.90 Å². The summed E-state index contributed by atoms with van der Waals surface area (Å²) in [4.78, 5) is 30.5. The minimum atomic E-state index is -0.648. The third-order valence-electron chi connectivity index (χ3n) is 7.42. The van der Waals surface area contributed by atoms with Crippen molar-refractivity contribution in [2.45, 2.75) is 58.1 Å². The van der Waals surface area contributed by atoms with Crippen LogP contribution in [0.25, 0.3) is 11.5 Å². The first-order valence-electron chi connectivity index (χ1n) is 14.3. The topological polar surface area (TPSA) is 132 Å². The third kappa shape index (κ3) is 5.66. The quantitative estimate of drug-likeness (QED) is 0.293. The van der Waals surface area contributed by atoms with Crippen molar-refractivity contribution in [1.29, 1.82) is 0 Å². The second-order valence-corrected chi connectivity index (χ2v) is 12.2. The predicted octanol–water partition coefficient (Wildman–Crippen LogP) is 5.89. The highest BCUT2D eigenvalue weighted by Crippen LogP contribution is 2.44. The second kappa shape index (κ2) is 10.7. The summed E-state index contributed by atoms with van der Waals surface area (Å²) in [5, 5.41) is 12.0. The number of carbonyl (C=O) groups excluding carboxylic acids is 1. The Kier molecular flexibility index (Phi) is 6.80. The molecule has 4 aromatic rings. The van der Waals surface area contributed by atoms with E-state index in [1.807, 2.05) is 51.2 Å². The monoisotopic (exact) mass is 602 g/mol. The van der Waals surface area contributed by atoms with Crippen LogP contribution in [0.3, 0.4) is 0 Å². The average Bonchev–Trinajstić information content (AvgIpc) is 3.72. The van der Waals surface area contributed by atoms with Gasteiger partial charge in [-0.15, -0.1) is 10.2 Å². The molecule has 2 aliphatic heterocycles. The molecule has 1 aliphatic carbocycles. The zero-order valence-corrected chi connectivity index (χ0v) is 24.9. The fourth-order valence-corrected chi connectivity index (χ4v) is 5.45. The van der Waals surface area contributed by atoms with Gasteiger partial charge in [0.25, 0.3) is 0 Å². The molecule has 1 saturated carbocycles. The van der Waals surface area contributed by atoms with Gasteiger partial charge in [-0.2, -0.15) is 0 Å². The van der Waals surface area contributed by atoms with Gasteiger partial charge in [0.15, 0.2) is 0 Å². The van der Waals surface area contributed by atoms with Gasteiger partial charge in [-0.05, 0) is 69.9 Å². The first-order chi connectivity index (χ1) is 20.7. The number of aromatic nitrogens is 5. The van der Waals surface area contributed by atoms with Crippen LogP contribution in [0, 0.1) is 0 Å². The number of ether oxygens (including phenoxy) is 2. The van der Waals surface area contributed by atoms with Crippen molar-refractivity contribution in [2.24, 2.45) is 0 Å². The van der Waals surface area contributed by atoms with Crippen LogP contribution in [0.1, 0.15) is 56.7 Å². The molecule has 43 heavy (non-hydrogen) atoms. The maximum Gasteiger partial charge on any atom is 0.415 e. The number of hydrogen-bond donors (Lipinski definition) is 1. The van der Waals surface area contributed by atoms with Gasteiger partial charge in [0.05, 0.1) is 35.7 Å². The Balaban J connectivity index is 1.08. The predicted molar refractivity (Wildman–Crippen MR) is 160 cm³/mol. The summed E-state index contributed by atoms with van der Waals surface area (Å²) in [6.07, 6.45) is 6.02. The summed E-state index contributed by atoms with van der Waals surface area (Å²) in [5.41, 5.74) is 4.11. The molecule has 0 atom stereocenters. The molecule has 1 fully saturated rings. The molecule has 3 aliphatic rings. The number of anilines is 4. The maximum atomic E-state index is 13.0. The summed E-state index contributed by atoms with van der Waals surface area (Å²) < 4.78 is 17.2. The second-order valence-electron chi connectivity index (χ2n) is 11.9. The highest BCUT2D eigenvalue weighted by atomic mass is 35.5. The summed E-state index contributed by atoms with van der Waals surface area (Å²) in [5.74, 6) is 2.45. The van der Waals surface area contributed by atoms with E-state index in [1.165, 1.54) is 4.90 Å². The van der Waals surface area contributed by atoms with Crippen molar-refractivity contribution in [2.75, 3.05) is 34.8 Å². The van der Waals surface area contributed by atoms with Gasteiger partial charge < -0.3 is 24.1 Å². The number of nitrogens with zero attached hydrogens (tertiary/aromatic N) is 7. The van der Waals surface area contributed by atoms with Gasteiger partial charge in [0, 0.05) is 29.9 Å². The summed E-state index contributed by atoms with van der Waals surface area (Å²) in [6.45, 7) is 7.29. The Labute approximate surface area is 253 Å². The van der Waals surface area contributed by atoms with Crippen LogP contribution in [0.2, 0.25) is 5.02 Å². The van der Waals surface area contributed by atoms with E-state index in [2.05, 4.69) is 30.4 Å². The Morgan fingerprint density at radius 3 is 2.67 bits per heavy atom. The van der Waals surface area contributed by atoms with Crippen molar-refractivity contribution in [3.05, 3.63) is 58.8 Å². The van der Waals surface area contributed by atoms with Gasteiger partial charge in [0.2, 0.25) is 23.6 Å². The molecular formula is C30H31ClN8O4. The molecule has 1 N–H and O–H groups in total. The molecule has 1 aromatic carbocycles. The summed E-state index contributed by atoms with van der Waals surface area (Å²) in [6, 6.07) is 7.73. The molecule has 7 rings (SSSR count). The Bertz CT molecular complexity index is 1680. The first-order valence-corrected chi connectivity index (χ1v) is 14.7. The van der Waals surface area contributed by atoms with Crippen molar-refractivity contribution in [3.8, 4) is 17.3 Å². The molecule has 1 amide bonds. The van der Waals surface area contributed by atoms with E-state index in [-0.39, 0.29) is 0 Å². The summed E-state index contributed by atoms with van der Waals surface area (Å²) >= 11 is 6.94. The number of carbonyl (C=O) groups is 1. The van der Waals surface area contributed by atoms with Gasteiger partial charge in [-0.1, -0.05) is 11.6 Å². The Hall–Kier alpha value is -4.45. The van der Waals surface area contributed by atoms with E-state index in [0.29, 0.717) is 66.3 Å². The lowest BCUT2D eigenvalue weighted by Gasteiger charge is -2.34. The fraction of sp³-hybridized carbons (Fsp3) is 0.400. The number of fused-ring (bicyclic) bond motifs is 2. The lowest BCUT2D eigenvalue weighted by molar-refractivity contribution is 0.0566. The number of pyridine rings is 1. The van der Waals surface area contributed by atoms with Crippen molar-refractivity contribution >= 4 is 40.7 Å². The highest BCUT2D eigenvalue weighted by molar-refractivity contribution is 6.36. The minimum absolute atomic E-state index is 0.305. The third-order valence-corrected chi connectivity index (χ3v) is 7.79. The van der Waals surface area contributed by atoms with E-state index in [0.717, 1.165) is 47.7 Å². The number of hydrogen-bond acceptors (Lipinski definition) is 11. The number of amides is 1. The van der Waals surface area contributed by atoms with Crippen molar-refractivity contribution in [1.82, 2.24) is 25.1 Å². The standard InChI is InChI=1S/C30H31ClN8O4/c1-30(2,3)43-29(40)39-12-13-41-27-24(39)23(31)22(15-32-27)38-11-10-19-14-33-28(35-21(19)16-38)34-20-8-6-18(7-9-20)26-37-36-25(42-26)17-4-5-17/h6-9,14-15,17H,4-5,10-13,16H2,1-3H3,(H,33,34,35). The van der Waals surface area contributed by atoms with E-state index < -0.39 is 11.7 Å². The van der Waals surface area contributed by atoms with Gasteiger partial charge in [-0.25, -0.2) is 19.7 Å². The molecule has 0 unspecified atom stereocenters. The highest BCUT2D eigenvalue weighted by Gasteiger charge is 2.34. The lowest BCUT2D eigenvalue weighted by atomic mass is 10.1. The largest absolute Gasteiger partial charge is 0.474 e. The van der Waals surface area contributed by atoms with E-state index in [4.69, 9.17) is 30.5 Å². The van der Waals surface area contributed by atoms with Gasteiger partial charge >= 0.3 is 6.09 Å². The number of benzene rings is 1. The molecule has 5 heterocycles. The van der Waals surface area contributed by atoms with Crippen LogP contribution >= 0.6 is 11.6 Å². The fourth-order valence-electron chi connectivity index (χ4n) is 5.10. The maximum absolute atomic E-state index is 13.0. The Morgan fingerprint density at radius 2 is 1.91 bits per heavy atom. The minimum Gasteiger partial charge on any atom is -0.474 e. The normalized spacial score (nSPS) is 16.3. The average molecular weight is 603 g/mol. The summed E-state index contributed by atoms with van der Waals surface area (Å²) in [7, 11) is 0. The van der Waals surface area contributed by atoms with E-state index in [1.54, 1.807) is 6.20 Å².